The van der Waals surface area contributed by atoms with Crippen molar-refractivity contribution in [2.75, 3.05) is 25.1 Å². The maximum absolute atomic E-state index is 14.1. The summed E-state index contributed by atoms with van der Waals surface area (Å²) in [5.41, 5.74) is 1.51. The van der Waals surface area contributed by atoms with Crippen molar-refractivity contribution in [1.82, 2.24) is 10.2 Å². The topological polar surface area (TPSA) is 105 Å². The van der Waals surface area contributed by atoms with Crippen LogP contribution in [-0.2, 0) is 26.2 Å². The number of aryl methyl sites for hydroxylation is 1. The molecule has 0 aliphatic rings. The third-order valence-corrected chi connectivity index (χ3v) is 8.18. The first-order valence-corrected chi connectivity index (χ1v) is 14.5. The SMILES string of the molecule is COc1ccc(OC)c(N(CC(=O)N(Cc2ccc(F)cc2)[C@H](C)C(=O)NC(C)C)S(=O)(=O)c2ccc(C)cc2)c1. The highest BCUT2D eigenvalue weighted by atomic mass is 32.2. The fraction of sp³-hybridized carbons (Fsp3) is 0.333. The summed E-state index contributed by atoms with van der Waals surface area (Å²) < 4.78 is 53.4. The maximum atomic E-state index is 14.1. The van der Waals surface area contributed by atoms with Gasteiger partial charge in [-0.2, -0.15) is 0 Å². The molecule has 0 aromatic heterocycles. The molecule has 0 fully saturated rings. The molecule has 0 radical (unpaired) electrons. The van der Waals surface area contributed by atoms with E-state index in [9.17, 15) is 22.4 Å². The van der Waals surface area contributed by atoms with Gasteiger partial charge in [0.2, 0.25) is 11.8 Å². The number of ether oxygens (including phenoxy) is 2. The normalized spacial score (nSPS) is 12.0. The Labute approximate surface area is 240 Å². The molecule has 1 atom stereocenters. The van der Waals surface area contributed by atoms with Crippen LogP contribution in [0.15, 0.2) is 71.6 Å². The molecular formula is C30H36FN3O6S. The molecule has 2 amide bonds. The van der Waals surface area contributed by atoms with Gasteiger partial charge in [-0.3, -0.25) is 13.9 Å². The van der Waals surface area contributed by atoms with Crippen LogP contribution >= 0.6 is 0 Å². The van der Waals surface area contributed by atoms with Gasteiger partial charge in [0.15, 0.2) is 0 Å². The number of amides is 2. The third kappa shape index (κ3) is 7.75. The number of carbonyl (C=O) groups is 2. The van der Waals surface area contributed by atoms with Gasteiger partial charge in [0.25, 0.3) is 10.0 Å². The van der Waals surface area contributed by atoms with E-state index in [-0.39, 0.29) is 28.9 Å². The number of anilines is 1. The molecule has 220 valence electrons. The Morgan fingerprint density at radius 1 is 0.927 bits per heavy atom. The predicted molar refractivity (Wildman–Crippen MR) is 155 cm³/mol. The average Bonchev–Trinajstić information content (AvgIpc) is 2.94. The van der Waals surface area contributed by atoms with Crippen LogP contribution in [0.2, 0.25) is 0 Å². The second-order valence-corrected chi connectivity index (χ2v) is 11.7. The lowest BCUT2D eigenvalue weighted by molar-refractivity contribution is -0.139. The van der Waals surface area contributed by atoms with E-state index in [0.717, 1.165) is 9.87 Å². The Kier molecular flexibility index (Phi) is 10.3. The molecule has 0 bridgehead atoms. The summed E-state index contributed by atoms with van der Waals surface area (Å²) in [6.45, 7) is 6.27. The van der Waals surface area contributed by atoms with E-state index in [1.54, 1.807) is 45.0 Å². The van der Waals surface area contributed by atoms with Gasteiger partial charge in [0, 0.05) is 18.7 Å². The molecule has 0 heterocycles. The van der Waals surface area contributed by atoms with Gasteiger partial charge in [-0.1, -0.05) is 29.8 Å². The number of hydrogen-bond donors (Lipinski definition) is 1. The molecular weight excluding hydrogens is 549 g/mol. The Morgan fingerprint density at radius 3 is 2.12 bits per heavy atom. The lowest BCUT2D eigenvalue weighted by Gasteiger charge is -2.32. The zero-order chi connectivity index (χ0) is 30.3. The number of hydrogen-bond acceptors (Lipinski definition) is 6. The zero-order valence-electron chi connectivity index (χ0n) is 24.0. The molecule has 41 heavy (non-hydrogen) atoms. The van der Waals surface area contributed by atoms with Gasteiger partial charge in [-0.15, -0.1) is 0 Å². The van der Waals surface area contributed by atoms with Gasteiger partial charge < -0.3 is 19.7 Å². The minimum Gasteiger partial charge on any atom is -0.497 e. The minimum absolute atomic E-state index is 0.0311. The lowest BCUT2D eigenvalue weighted by atomic mass is 10.1. The lowest BCUT2D eigenvalue weighted by Crippen LogP contribution is -2.52. The minimum atomic E-state index is -4.30. The molecule has 0 saturated heterocycles. The Balaban J connectivity index is 2.12. The molecule has 3 aromatic rings. The Morgan fingerprint density at radius 2 is 1.56 bits per heavy atom. The maximum Gasteiger partial charge on any atom is 0.264 e. The summed E-state index contributed by atoms with van der Waals surface area (Å²) >= 11 is 0. The highest BCUT2D eigenvalue weighted by molar-refractivity contribution is 7.92. The summed E-state index contributed by atoms with van der Waals surface area (Å²) in [5.74, 6) is -0.962. The van der Waals surface area contributed by atoms with Crippen molar-refractivity contribution < 1.29 is 31.9 Å². The number of carbonyl (C=O) groups excluding carboxylic acids is 2. The van der Waals surface area contributed by atoms with Crippen molar-refractivity contribution in [3.8, 4) is 11.5 Å². The molecule has 0 spiro atoms. The van der Waals surface area contributed by atoms with E-state index >= 15 is 0 Å². The van der Waals surface area contributed by atoms with Gasteiger partial charge in [0.1, 0.15) is 29.9 Å². The number of sulfonamides is 1. The van der Waals surface area contributed by atoms with Gasteiger partial charge in [-0.25, -0.2) is 12.8 Å². The van der Waals surface area contributed by atoms with Crippen molar-refractivity contribution in [2.24, 2.45) is 0 Å². The summed E-state index contributed by atoms with van der Waals surface area (Å²) in [7, 11) is -1.47. The second kappa shape index (κ2) is 13.5. The first-order valence-electron chi connectivity index (χ1n) is 13.0. The van der Waals surface area contributed by atoms with Crippen LogP contribution < -0.4 is 19.1 Å². The summed E-state index contributed by atoms with van der Waals surface area (Å²) in [5, 5.41) is 2.79. The first-order chi connectivity index (χ1) is 19.4. The van der Waals surface area contributed by atoms with E-state index in [1.807, 2.05) is 6.92 Å². The quantitative estimate of drug-likeness (QED) is 0.340. The van der Waals surface area contributed by atoms with Gasteiger partial charge in [0.05, 0.1) is 24.8 Å². The first kappa shape index (κ1) is 31.4. The third-order valence-electron chi connectivity index (χ3n) is 6.41. The van der Waals surface area contributed by atoms with Crippen molar-refractivity contribution in [3.63, 3.8) is 0 Å². The van der Waals surface area contributed by atoms with E-state index in [0.29, 0.717) is 11.3 Å². The summed E-state index contributed by atoms with van der Waals surface area (Å²) in [6, 6.07) is 15.2. The fourth-order valence-corrected chi connectivity index (χ4v) is 5.53. The molecule has 0 saturated carbocycles. The highest BCUT2D eigenvalue weighted by Crippen LogP contribution is 2.36. The number of benzene rings is 3. The number of halogens is 1. The van der Waals surface area contributed by atoms with Crippen LogP contribution in [0.25, 0.3) is 0 Å². The fourth-order valence-electron chi connectivity index (χ4n) is 4.12. The monoisotopic (exact) mass is 585 g/mol. The highest BCUT2D eigenvalue weighted by Gasteiger charge is 2.34. The summed E-state index contributed by atoms with van der Waals surface area (Å²) in [4.78, 5) is 28.3. The molecule has 3 rings (SSSR count). The number of methoxy groups -OCH3 is 2. The molecule has 11 heteroatoms. The molecule has 3 aromatic carbocycles. The van der Waals surface area contributed by atoms with Crippen molar-refractivity contribution in [1.29, 1.82) is 0 Å². The molecule has 0 aliphatic carbocycles. The summed E-state index contributed by atoms with van der Waals surface area (Å²) in [6.07, 6.45) is 0. The van der Waals surface area contributed by atoms with Crippen molar-refractivity contribution in [2.45, 2.75) is 51.2 Å². The zero-order valence-corrected chi connectivity index (χ0v) is 24.9. The van der Waals surface area contributed by atoms with Gasteiger partial charge >= 0.3 is 0 Å². The van der Waals surface area contributed by atoms with E-state index in [1.165, 1.54) is 61.6 Å². The van der Waals surface area contributed by atoms with Crippen LogP contribution in [0.4, 0.5) is 10.1 Å². The Hall–Kier alpha value is -4.12. The Bertz CT molecular complexity index is 1460. The standard InChI is InChI=1S/C30H36FN3O6S/c1-20(2)32-30(36)22(4)33(18-23-9-11-24(31)12-10-23)29(35)19-34(27-17-25(39-5)13-16-28(27)40-6)41(37,38)26-14-7-21(3)8-15-26/h7-17,20,22H,18-19H2,1-6H3,(H,32,36)/t22-/m1/s1. The van der Waals surface area contributed by atoms with Crippen LogP contribution in [-0.4, -0.2) is 58.0 Å². The van der Waals surface area contributed by atoms with E-state index in [4.69, 9.17) is 9.47 Å². The average molecular weight is 586 g/mol. The molecule has 0 unspecified atom stereocenters. The molecule has 1 N–H and O–H groups in total. The second-order valence-electron chi connectivity index (χ2n) is 9.85. The van der Waals surface area contributed by atoms with E-state index in [2.05, 4.69) is 5.32 Å². The van der Waals surface area contributed by atoms with Crippen molar-refractivity contribution in [3.05, 3.63) is 83.7 Å². The van der Waals surface area contributed by atoms with E-state index < -0.39 is 40.2 Å². The number of rotatable bonds is 12. The predicted octanol–water partition coefficient (Wildman–Crippen LogP) is 4.29. The van der Waals surface area contributed by atoms with Crippen LogP contribution in [0.5, 0.6) is 11.5 Å². The smallest absolute Gasteiger partial charge is 0.264 e. The van der Waals surface area contributed by atoms with Crippen LogP contribution in [0, 0.1) is 12.7 Å². The molecule has 0 aliphatic heterocycles. The largest absolute Gasteiger partial charge is 0.497 e. The molecule has 9 nitrogen and oxygen atoms in total. The van der Waals surface area contributed by atoms with Gasteiger partial charge in [-0.05, 0) is 69.7 Å². The number of nitrogens with zero attached hydrogens (tertiary/aromatic N) is 2. The van der Waals surface area contributed by atoms with Crippen molar-refractivity contribution >= 4 is 27.5 Å². The number of nitrogens with one attached hydrogen (secondary N) is 1. The van der Waals surface area contributed by atoms with Crippen LogP contribution in [0.1, 0.15) is 31.9 Å². The van der Waals surface area contributed by atoms with Crippen LogP contribution in [0.3, 0.4) is 0 Å².